The summed E-state index contributed by atoms with van der Waals surface area (Å²) in [6.07, 6.45) is 0. The lowest BCUT2D eigenvalue weighted by molar-refractivity contribution is 0.101. The van der Waals surface area contributed by atoms with Gasteiger partial charge in [-0.15, -0.1) is 0 Å². The van der Waals surface area contributed by atoms with E-state index in [0.29, 0.717) is 16.2 Å². The van der Waals surface area contributed by atoms with E-state index in [1.165, 1.54) is 18.9 Å². The van der Waals surface area contributed by atoms with E-state index in [1.807, 2.05) is 0 Å². The Bertz CT molecular complexity index is 443. The van der Waals surface area contributed by atoms with Crippen molar-refractivity contribution in [3.8, 4) is 5.75 Å². The molecule has 1 aromatic carbocycles. The zero-order valence-electron chi connectivity index (χ0n) is 10.3. The number of ketones is 1. The number of methoxy groups -OCH3 is 1. The average molecular weight is 253 g/mol. The molecule has 0 aliphatic heterocycles. The summed E-state index contributed by atoms with van der Waals surface area (Å²) in [5.74, 6) is 0.523. The molecular formula is C12H15NO3S. The second-order valence-corrected chi connectivity index (χ2v) is 4.67. The lowest BCUT2D eigenvalue weighted by atomic mass is 10.1. The van der Waals surface area contributed by atoms with Crippen LogP contribution in [0.5, 0.6) is 5.75 Å². The van der Waals surface area contributed by atoms with Gasteiger partial charge in [0.2, 0.25) is 0 Å². The predicted molar refractivity (Wildman–Crippen MR) is 67.9 cm³/mol. The quantitative estimate of drug-likeness (QED) is 0.613. The third kappa shape index (κ3) is 3.49. The van der Waals surface area contributed by atoms with Crippen LogP contribution in [-0.4, -0.2) is 37.1 Å². The Morgan fingerprint density at radius 3 is 2.41 bits per heavy atom. The summed E-state index contributed by atoms with van der Waals surface area (Å²) in [7, 11) is 4.88. The van der Waals surface area contributed by atoms with Crippen LogP contribution in [0, 0.1) is 0 Å². The molecule has 0 heterocycles. The molecule has 0 fully saturated rings. The lowest BCUT2D eigenvalue weighted by Gasteiger charge is -2.12. The number of ether oxygens (including phenoxy) is 1. The van der Waals surface area contributed by atoms with Crippen molar-refractivity contribution in [3.05, 3.63) is 23.8 Å². The number of carbonyl (C=O) groups excluding carboxylic acids is 2. The van der Waals surface area contributed by atoms with Crippen molar-refractivity contribution < 1.29 is 14.3 Å². The molecule has 1 aromatic rings. The maximum Gasteiger partial charge on any atom is 0.285 e. The Kier molecular flexibility index (Phi) is 4.57. The van der Waals surface area contributed by atoms with Gasteiger partial charge in [0.15, 0.2) is 5.78 Å². The molecule has 17 heavy (non-hydrogen) atoms. The van der Waals surface area contributed by atoms with Crippen molar-refractivity contribution in [2.75, 3.05) is 21.2 Å². The Labute approximate surface area is 105 Å². The molecule has 0 atom stereocenters. The molecule has 0 spiro atoms. The van der Waals surface area contributed by atoms with E-state index in [0.717, 1.165) is 11.8 Å². The first-order valence-electron chi connectivity index (χ1n) is 5.03. The van der Waals surface area contributed by atoms with Gasteiger partial charge >= 0.3 is 0 Å². The Morgan fingerprint density at radius 2 is 1.94 bits per heavy atom. The number of amides is 1. The summed E-state index contributed by atoms with van der Waals surface area (Å²) < 4.78 is 5.06. The molecule has 0 saturated carbocycles. The molecule has 1 amide bonds. The van der Waals surface area contributed by atoms with Gasteiger partial charge < -0.3 is 9.64 Å². The summed E-state index contributed by atoms with van der Waals surface area (Å²) in [5, 5.41) is -0.113. The zero-order valence-corrected chi connectivity index (χ0v) is 11.1. The van der Waals surface area contributed by atoms with Crippen LogP contribution in [0.1, 0.15) is 17.3 Å². The van der Waals surface area contributed by atoms with E-state index < -0.39 is 0 Å². The fourth-order valence-corrected chi connectivity index (χ4v) is 2.00. The number of carbonyl (C=O) groups is 2. The maximum atomic E-state index is 11.6. The number of rotatable bonds is 3. The Hall–Kier alpha value is -1.49. The first-order valence-corrected chi connectivity index (χ1v) is 5.85. The van der Waals surface area contributed by atoms with Crippen LogP contribution in [0.4, 0.5) is 4.79 Å². The highest BCUT2D eigenvalue weighted by molar-refractivity contribution is 8.13. The van der Waals surface area contributed by atoms with Gasteiger partial charge in [-0.1, -0.05) is 0 Å². The van der Waals surface area contributed by atoms with Gasteiger partial charge in [0, 0.05) is 24.6 Å². The van der Waals surface area contributed by atoms with Crippen molar-refractivity contribution in [1.29, 1.82) is 0 Å². The molecule has 0 bridgehead atoms. The molecular weight excluding hydrogens is 238 g/mol. The van der Waals surface area contributed by atoms with E-state index in [2.05, 4.69) is 0 Å². The van der Waals surface area contributed by atoms with Crippen molar-refractivity contribution in [2.45, 2.75) is 11.8 Å². The molecule has 0 radical (unpaired) electrons. The van der Waals surface area contributed by atoms with Crippen LogP contribution in [-0.2, 0) is 0 Å². The summed E-state index contributed by atoms with van der Waals surface area (Å²) in [6.45, 7) is 1.47. The van der Waals surface area contributed by atoms with Crippen LogP contribution in [0.15, 0.2) is 23.1 Å². The molecule has 4 nitrogen and oxygen atoms in total. The van der Waals surface area contributed by atoms with Crippen LogP contribution < -0.4 is 4.74 Å². The molecule has 0 aliphatic carbocycles. The SMILES string of the molecule is COc1ccc(SC(=O)N(C)C)c(C(C)=O)c1. The predicted octanol–water partition coefficient (Wildman–Crippen LogP) is 2.67. The highest BCUT2D eigenvalue weighted by Crippen LogP contribution is 2.28. The molecule has 1 rings (SSSR count). The van der Waals surface area contributed by atoms with Gasteiger partial charge in [-0.3, -0.25) is 9.59 Å². The van der Waals surface area contributed by atoms with Crippen LogP contribution >= 0.6 is 11.8 Å². The molecule has 0 N–H and O–H groups in total. The molecule has 0 saturated heterocycles. The molecule has 0 aromatic heterocycles. The second kappa shape index (κ2) is 5.72. The van der Waals surface area contributed by atoms with E-state index in [-0.39, 0.29) is 11.0 Å². The van der Waals surface area contributed by atoms with E-state index >= 15 is 0 Å². The van der Waals surface area contributed by atoms with Crippen LogP contribution in [0.2, 0.25) is 0 Å². The monoisotopic (exact) mass is 253 g/mol. The van der Waals surface area contributed by atoms with Crippen LogP contribution in [0.3, 0.4) is 0 Å². The molecule has 5 heteroatoms. The fraction of sp³-hybridized carbons (Fsp3) is 0.333. The highest BCUT2D eigenvalue weighted by Gasteiger charge is 2.14. The van der Waals surface area contributed by atoms with Crippen molar-refractivity contribution >= 4 is 22.8 Å². The number of Topliss-reactive ketones (excluding diaryl/α,β-unsaturated/α-hetero) is 1. The van der Waals surface area contributed by atoms with Gasteiger partial charge in [0.25, 0.3) is 5.24 Å². The van der Waals surface area contributed by atoms with Gasteiger partial charge in [0.1, 0.15) is 5.75 Å². The minimum absolute atomic E-state index is 0.0852. The number of benzene rings is 1. The maximum absolute atomic E-state index is 11.6. The van der Waals surface area contributed by atoms with Gasteiger partial charge in [-0.2, -0.15) is 0 Å². The Balaban J connectivity index is 3.06. The minimum Gasteiger partial charge on any atom is -0.497 e. The number of thioether (sulfide) groups is 1. The second-order valence-electron chi connectivity index (χ2n) is 3.68. The van der Waals surface area contributed by atoms with Crippen molar-refractivity contribution in [2.24, 2.45) is 0 Å². The standard InChI is InChI=1S/C12H15NO3S/c1-8(14)10-7-9(16-4)5-6-11(10)17-12(15)13(2)3/h5-7H,1-4H3. The number of hydrogen-bond donors (Lipinski definition) is 0. The third-order valence-corrected chi connectivity index (χ3v) is 3.24. The van der Waals surface area contributed by atoms with E-state index in [9.17, 15) is 9.59 Å². The lowest BCUT2D eigenvalue weighted by Crippen LogP contribution is -2.16. The molecule has 92 valence electrons. The summed E-state index contributed by atoms with van der Waals surface area (Å²) >= 11 is 1.04. The summed E-state index contributed by atoms with van der Waals surface area (Å²) in [4.78, 5) is 25.2. The van der Waals surface area contributed by atoms with Crippen LogP contribution in [0.25, 0.3) is 0 Å². The van der Waals surface area contributed by atoms with Gasteiger partial charge in [-0.25, -0.2) is 0 Å². The van der Waals surface area contributed by atoms with E-state index in [4.69, 9.17) is 4.74 Å². The highest BCUT2D eigenvalue weighted by atomic mass is 32.2. The largest absolute Gasteiger partial charge is 0.497 e. The smallest absolute Gasteiger partial charge is 0.285 e. The van der Waals surface area contributed by atoms with Gasteiger partial charge in [-0.05, 0) is 36.9 Å². The molecule has 0 unspecified atom stereocenters. The zero-order chi connectivity index (χ0) is 13.0. The average Bonchev–Trinajstić information content (AvgIpc) is 2.29. The first-order chi connectivity index (χ1) is 7.95. The fourth-order valence-electron chi connectivity index (χ4n) is 1.19. The first kappa shape index (κ1) is 13.6. The van der Waals surface area contributed by atoms with Gasteiger partial charge in [0.05, 0.1) is 7.11 Å². The number of nitrogens with zero attached hydrogens (tertiary/aromatic N) is 1. The number of hydrogen-bond acceptors (Lipinski definition) is 4. The minimum atomic E-state index is -0.113. The topological polar surface area (TPSA) is 46.6 Å². The van der Waals surface area contributed by atoms with Crippen molar-refractivity contribution in [1.82, 2.24) is 4.90 Å². The molecule has 0 aliphatic rings. The third-order valence-electron chi connectivity index (χ3n) is 2.13. The summed E-state index contributed by atoms with van der Waals surface area (Å²) in [5.41, 5.74) is 0.504. The van der Waals surface area contributed by atoms with E-state index in [1.54, 1.807) is 32.3 Å². The Morgan fingerprint density at radius 1 is 1.29 bits per heavy atom. The summed E-state index contributed by atoms with van der Waals surface area (Å²) in [6, 6.07) is 5.10. The normalized spacial score (nSPS) is 9.88. The van der Waals surface area contributed by atoms with Crippen molar-refractivity contribution in [3.63, 3.8) is 0 Å².